The van der Waals surface area contributed by atoms with Crippen molar-refractivity contribution in [1.29, 1.82) is 0 Å². The first-order valence-corrected chi connectivity index (χ1v) is 6.85. The van der Waals surface area contributed by atoms with Crippen molar-refractivity contribution >= 4 is 27.6 Å². The predicted octanol–water partition coefficient (Wildman–Crippen LogP) is 3.54. The Labute approximate surface area is 129 Å². The van der Waals surface area contributed by atoms with E-state index in [4.69, 9.17) is 10.5 Å². The van der Waals surface area contributed by atoms with Crippen molar-refractivity contribution in [3.8, 4) is 5.75 Å². The van der Waals surface area contributed by atoms with E-state index in [0.717, 1.165) is 5.56 Å². The normalized spacial score (nSPS) is 10.2. The molecule has 2 aromatic carbocycles. The maximum absolute atomic E-state index is 13.1. The van der Waals surface area contributed by atoms with Crippen LogP contribution in [0.15, 0.2) is 40.9 Å². The van der Waals surface area contributed by atoms with Gasteiger partial charge in [-0.25, -0.2) is 9.18 Å². The number of hydrogen-bond acceptors (Lipinski definition) is 4. The number of carbonyl (C=O) groups is 1. The average molecular weight is 354 g/mol. The van der Waals surface area contributed by atoms with E-state index in [1.807, 2.05) is 0 Å². The van der Waals surface area contributed by atoms with Gasteiger partial charge in [-0.1, -0.05) is 6.07 Å². The highest BCUT2D eigenvalue weighted by atomic mass is 79.9. The largest absolute Gasteiger partial charge is 0.487 e. The highest BCUT2D eigenvalue weighted by Gasteiger charge is 2.09. The van der Waals surface area contributed by atoms with Crippen LogP contribution >= 0.6 is 15.9 Å². The molecule has 2 N–H and O–H groups in total. The van der Waals surface area contributed by atoms with Crippen molar-refractivity contribution in [3.05, 3.63) is 57.8 Å². The van der Waals surface area contributed by atoms with Gasteiger partial charge in [0.1, 0.15) is 18.2 Å². The lowest BCUT2D eigenvalue weighted by Crippen LogP contribution is -2.04. The molecule has 0 saturated heterocycles. The monoisotopic (exact) mass is 353 g/mol. The lowest BCUT2D eigenvalue weighted by atomic mass is 10.2. The van der Waals surface area contributed by atoms with Crippen LogP contribution in [0.1, 0.15) is 15.9 Å². The Kier molecular flexibility index (Phi) is 4.80. The van der Waals surface area contributed by atoms with E-state index >= 15 is 0 Å². The van der Waals surface area contributed by atoms with Crippen LogP contribution in [0.2, 0.25) is 0 Å². The van der Waals surface area contributed by atoms with Gasteiger partial charge in [-0.3, -0.25) is 0 Å². The molecule has 0 spiro atoms. The first kappa shape index (κ1) is 15.3. The van der Waals surface area contributed by atoms with Crippen LogP contribution in [0.4, 0.5) is 10.1 Å². The van der Waals surface area contributed by atoms with E-state index in [1.54, 1.807) is 24.3 Å². The number of anilines is 1. The van der Waals surface area contributed by atoms with Gasteiger partial charge in [-0.2, -0.15) is 0 Å². The molecule has 110 valence electrons. The maximum atomic E-state index is 13.1. The van der Waals surface area contributed by atoms with Gasteiger partial charge in [0.05, 0.1) is 22.8 Å². The van der Waals surface area contributed by atoms with Gasteiger partial charge in [0.25, 0.3) is 0 Å². The summed E-state index contributed by atoms with van der Waals surface area (Å²) in [6.07, 6.45) is 0. The molecule has 0 aliphatic heterocycles. The fraction of sp³-hybridized carbons (Fsp3) is 0.133. The quantitative estimate of drug-likeness (QED) is 0.674. The molecular weight excluding hydrogens is 341 g/mol. The molecule has 0 saturated carbocycles. The van der Waals surface area contributed by atoms with Crippen LogP contribution in [0.5, 0.6) is 5.75 Å². The summed E-state index contributed by atoms with van der Waals surface area (Å²) < 4.78 is 23.7. The smallest absolute Gasteiger partial charge is 0.337 e. The molecular formula is C15H13BrFNO3. The average Bonchev–Trinajstić information content (AvgIpc) is 2.48. The van der Waals surface area contributed by atoms with Gasteiger partial charge in [-0.15, -0.1) is 0 Å². The third-order valence-corrected chi connectivity index (χ3v) is 3.42. The van der Waals surface area contributed by atoms with Gasteiger partial charge in [0, 0.05) is 0 Å². The molecule has 21 heavy (non-hydrogen) atoms. The first-order valence-electron chi connectivity index (χ1n) is 6.06. The molecule has 0 aliphatic rings. The van der Waals surface area contributed by atoms with Crippen molar-refractivity contribution in [1.82, 2.24) is 0 Å². The lowest BCUT2D eigenvalue weighted by Gasteiger charge is -2.10. The fourth-order valence-electron chi connectivity index (χ4n) is 1.72. The Morgan fingerprint density at radius 3 is 2.67 bits per heavy atom. The summed E-state index contributed by atoms with van der Waals surface area (Å²) in [7, 11) is 1.30. The lowest BCUT2D eigenvalue weighted by molar-refractivity contribution is 0.0600. The Morgan fingerprint density at radius 2 is 2.05 bits per heavy atom. The van der Waals surface area contributed by atoms with Crippen LogP contribution < -0.4 is 10.5 Å². The van der Waals surface area contributed by atoms with Gasteiger partial charge in [0.2, 0.25) is 0 Å². The zero-order valence-corrected chi connectivity index (χ0v) is 12.8. The summed E-state index contributed by atoms with van der Waals surface area (Å²) in [5.41, 5.74) is 7.31. The molecule has 0 heterocycles. The minimum absolute atomic E-state index is 0.237. The molecule has 0 aliphatic carbocycles. The molecule has 0 radical (unpaired) electrons. The zero-order chi connectivity index (χ0) is 15.4. The molecule has 6 heteroatoms. The summed E-state index contributed by atoms with van der Waals surface area (Å²) in [5.74, 6) is -0.348. The minimum atomic E-state index is -0.462. The molecule has 0 atom stereocenters. The van der Waals surface area contributed by atoms with E-state index in [2.05, 4.69) is 20.7 Å². The molecule has 0 aromatic heterocycles. The molecule has 4 nitrogen and oxygen atoms in total. The number of nitrogens with two attached hydrogens (primary N) is 1. The molecule has 0 fully saturated rings. The SMILES string of the molecule is COC(=O)c1ccc(OCc2ccc(F)c(Br)c2)c(N)c1. The van der Waals surface area contributed by atoms with E-state index in [9.17, 15) is 9.18 Å². The summed E-state index contributed by atoms with van der Waals surface area (Å²) in [4.78, 5) is 11.4. The summed E-state index contributed by atoms with van der Waals surface area (Å²) in [5, 5.41) is 0. The zero-order valence-electron chi connectivity index (χ0n) is 11.2. The van der Waals surface area contributed by atoms with Gasteiger partial charge in [0.15, 0.2) is 0 Å². The Hall–Kier alpha value is -2.08. The number of benzene rings is 2. The number of carbonyl (C=O) groups excluding carboxylic acids is 1. The molecule has 0 unspecified atom stereocenters. The summed E-state index contributed by atoms with van der Waals surface area (Å²) in [6, 6.07) is 9.26. The number of halogens is 2. The Balaban J connectivity index is 2.09. The van der Waals surface area contributed by atoms with Crippen LogP contribution in [0.3, 0.4) is 0 Å². The van der Waals surface area contributed by atoms with Gasteiger partial charge in [-0.05, 0) is 51.8 Å². The van der Waals surface area contributed by atoms with Crippen LogP contribution in [-0.2, 0) is 11.3 Å². The number of rotatable bonds is 4. The Morgan fingerprint density at radius 1 is 1.29 bits per heavy atom. The van der Waals surface area contributed by atoms with Gasteiger partial charge >= 0.3 is 5.97 Å². The summed E-state index contributed by atoms with van der Waals surface area (Å²) in [6.45, 7) is 0.237. The highest BCUT2D eigenvalue weighted by Crippen LogP contribution is 2.25. The first-order chi connectivity index (χ1) is 10.0. The van der Waals surface area contributed by atoms with Crippen molar-refractivity contribution in [3.63, 3.8) is 0 Å². The van der Waals surface area contributed by atoms with Crippen molar-refractivity contribution in [2.45, 2.75) is 6.61 Å². The number of esters is 1. The number of nitrogen functional groups attached to an aromatic ring is 1. The molecule has 0 bridgehead atoms. The van der Waals surface area contributed by atoms with Crippen molar-refractivity contribution in [2.75, 3.05) is 12.8 Å². The second kappa shape index (κ2) is 6.58. The number of hydrogen-bond donors (Lipinski definition) is 1. The molecule has 2 rings (SSSR count). The maximum Gasteiger partial charge on any atom is 0.337 e. The second-order valence-electron chi connectivity index (χ2n) is 4.28. The van der Waals surface area contributed by atoms with Gasteiger partial charge < -0.3 is 15.2 Å². The van der Waals surface area contributed by atoms with Crippen molar-refractivity contribution < 1.29 is 18.7 Å². The number of ether oxygens (including phenoxy) is 2. The predicted molar refractivity (Wildman–Crippen MR) is 80.6 cm³/mol. The van der Waals surface area contributed by atoms with E-state index in [0.29, 0.717) is 21.5 Å². The van der Waals surface area contributed by atoms with Crippen LogP contribution in [0, 0.1) is 5.82 Å². The van der Waals surface area contributed by atoms with E-state index < -0.39 is 5.97 Å². The topological polar surface area (TPSA) is 61.5 Å². The van der Waals surface area contributed by atoms with Crippen LogP contribution in [0.25, 0.3) is 0 Å². The third kappa shape index (κ3) is 3.72. The molecule has 2 aromatic rings. The minimum Gasteiger partial charge on any atom is -0.487 e. The third-order valence-electron chi connectivity index (χ3n) is 2.81. The van der Waals surface area contributed by atoms with Crippen molar-refractivity contribution in [2.24, 2.45) is 0 Å². The number of methoxy groups -OCH3 is 1. The standard InChI is InChI=1S/C15H13BrFNO3/c1-20-15(19)10-3-5-14(13(18)7-10)21-8-9-2-4-12(17)11(16)6-9/h2-7H,8,18H2,1H3. The second-order valence-corrected chi connectivity index (χ2v) is 5.14. The Bertz CT molecular complexity index is 676. The fourth-order valence-corrected chi connectivity index (χ4v) is 2.14. The molecule has 0 amide bonds. The van der Waals surface area contributed by atoms with E-state index in [1.165, 1.54) is 19.2 Å². The van der Waals surface area contributed by atoms with Crippen LogP contribution in [-0.4, -0.2) is 13.1 Å². The highest BCUT2D eigenvalue weighted by molar-refractivity contribution is 9.10. The van der Waals surface area contributed by atoms with E-state index in [-0.39, 0.29) is 12.4 Å². The summed E-state index contributed by atoms with van der Waals surface area (Å²) >= 11 is 3.11.